The van der Waals surface area contributed by atoms with Crippen molar-refractivity contribution in [1.29, 1.82) is 0 Å². The van der Waals surface area contributed by atoms with Crippen molar-refractivity contribution in [3.05, 3.63) is 42.2 Å². The minimum atomic E-state index is -0.261. The topological polar surface area (TPSA) is 70.4 Å². The molecular formula is C18H22N4O2. The quantitative estimate of drug-likeness (QED) is 0.891. The number of aryl methyl sites for hydroxylation is 1. The van der Waals surface area contributed by atoms with Crippen LogP contribution in [-0.2, 0) is 0 Å². The normalized spacial score (nSPS) is 25.8. The summed E-state index contributed by atoms with van der Waals surface area (Å²) in [4.78, 5) is 14.5. The zero-order valence-electron chi connectivity index (χ0n) is 13.7. The summed E-state index contributed by atoms with van der Waals surface area (Å²) in [6.45, 7) is 1.95. The fourth-order valence-electron chi connectivity index (χ4n) is 3.92. The highest BCUT2D eigenvalue weighted by molar-refractivity contribution is 5.90. The molecule has 2 amide bonds. The molecule has 2 N–H and O–H groups in total. The van der Waals surface area contributed by atoms with Gasteiger partial charge in [0.1, 0.15) is 0 Å². The van der Waals surface area contributed by atoms with Gasteiger partial charge in [-0.05, 0) is 62.9 Å². The second-order valence-electron chi connectivity index (χ2n) is 6.80. The second kappa shape index (κ2) is 5.94. The third kappa shape index (κ3) is 2.78. The number of benzene rings is 1. The van der Waals surface area contributed by atoms with E-state index >= 15 is 0 Å². The van der Waals surface area contributed by atoms with Gasteiger partial charge in [0.05, 0.1) is 17.5 Å². The van der Waals surface area contributed by atoms with Gasteiger partial charge in [0.15, 0.2) is 0 Å². The number of rotatable bonds is 2. The standard InChI is InChI=1S/C18H22N4O2/c1-12-8-9-21(20-12)14-4-2-13(3-5-14)19-18(24)22-15-6-7-16(22)11-17(23)10-15/h2-5,8-9,15-17,23H,6-7,10-11H2,1H3,(H,19,24)/t15-,16-/m0/s1. The molecule has 0 aliphatic carbocycles. The van der Waals surface area contributed by atoms with Crippen LogP contribution in [0.5, 0.6) is 0 Å². The molecule has 2 aromatic rings. The van der Waals surface area contributed by atoms with Crippen molar-refractivity contribution in [2.75, 3.05) is 5.32 Å². The van der Waals surface area contributed by atoms with Crippen LogP contribution in [0.4, 0.5) is 10.5 Å². The first-order valence-corrected chi connectivity index (χ1v) is 8.50. The molecule has 24 heavy (non-hydrogen) atoms. The number of amides is 2. The van der Waals surface area contributed by atoms with E-state index in [0.717, 1.165) is 29.9 Å². The first kappa shape index (κ1) is 15.2. The molecule has 0 unspecified atom stereocenters. The summed E-state index contributed by atoms with van der Waals surface area (Å²) in [5.41, 5.74) is 2.70. The third-order valence-corrected chi connectivity index (χ3v) is 5.05. The molecule has 6 heteroatoms. The van der Waals surface area contributed by atoms with E-state index in [0.29, 0.717) is 12.8 Å². The summed E-state index contributed by atoms with van der Waals surface area (Å²) in [6, 6.07) is 9.91. The van der Waals surface area contributed by atoms with Gasteiger partial charge in [-0.25, -0.2) is 9.48 Å². The van der Waals surface area contributed by atoms with Gasteiger partial charge in [-0.15, -0.1) is 0 Å². The van der Waals surface area contributed by atoms with Crippen molar-refractivity contribution < 1.29 is 9.90 Å². The molecule has 1 aromatic carbocycles. The Balaban J connectivity index is 1.45. The molecule has 3 heterocycles. The molecular weight excluding hydrogens is 304 g/mol. The van der Waals surface area contributed by atoms with Gasteiger partial charge in [0, 0.05) is 24.0 Å². The Labute approximate surface area is 141 Å². The largest absolute Gasteiger partial charge is 0.393 e. The van der Waals surface area contributed by atoms with Crippen LogP contribution in [0.1, 0.15) is 31.4 Å². The van der Waals surface area contributed by atoms with E-state index in [1.165, 1.54) is 0 Å². The van der Waals surface area contributed by atoms with Crippen LogP contribution in [0.25, 0.3) is 5.69 Å². The Morgan fingerprint density at radius 2 is 1.83 bits per heavy atom. The molecule has 0 radical (unpaired) electrons. The molecule has 6 nitrogen and oxygen atoms in total. The van der Waals surface area contributed by atoms with Crippen molar-refractivity contribution in [1.82, 2.24) is 14.7 Å². The highest BCUT2D eigenvalue weighted by atomic mass is 16.3. The van der Waals surface area contributed by atoms with E-state index in [4.69, 9.17) is 0 Å². The number of anilines is 1. The maximum Gasteiger partial charge on any atom is 0.322 e. The summed E-state index contributed by atoms with van der Waals surface area (Å²) < 4.78 is 1.81. The van der Waals surface area contributed by atoms with Crippen LogP contribution in [0.15, 0.2) is 36.5 Å². The summed E-state index contributed by atoms with van der Waals surface area (Å²) in [5.74, 6) is 0. The Morgan fingerprint density at radius 3 is 2.42 bits per heavy atom. The molecule has 0 saturated carbocycles. The van der Waals surface area contributed by atoms with Gasteiger partial charge in [-0.2, -0.15) is 5.10 Å². The van der Waals surface area contributed by atoms with Crippen molar-refractivity contribution in [2.45, 2.75) is 50.8 Å². The first-order valence-electron chi connectivity index (χ1n) is 8.50. The van der Waals surface area contributed by atoms with Gasteiger partial charge >= 0.3 is 6.03 Å². The lowest BCUT2D eigenvalue weighted by molar-refractivity contribution is 0.0580. The fourth-order valence-corrected chi connectivity index (χ4v) is 3.92. The number of nitrogens with zero attached hydrogens (tertiary/aromatic N) is 3. The number of nitrogens with one attached hydrogen (secondary N) is 1. The van der Waals surface area contributed by atoms with Crippen LogP contribution in [-0.4, -0.2) is 44.0 Å². The number of urea groups is 1. The summed E-state index contributed by atoms with van der Waals surface area (Å²) in [6.07, 6.45) is 5.03. The van der Waals surface area contributed by atoms with Crippen LogP contribution >= 0.6 is 0 Å². The van der Waals surface area contributed by atoms with Crippen LogP contribution < -0.4 is 5.32 Å². The van der Waals surface area contributed by atoms with E-state index in [2.05, 4.69) is 10.4 Å². The molecule has 2 saturated heterocycles. The number of hydrogen-bond acceptors (Lipinski definition) is 3. The van der Waals surface area contributed by atoms with E-state index in [1.54, 1.807) is 0 Å². The van der Waals surface area contributed by atoms with E-state index in [1.807, 2.05) is 53.0 Å². The fraction of sp³-hybridized carbons (Fsp3) is 0.444. The lowest BCUT2D eigenvalue weighted by Crippen LogP contribution is -2.49. The van der Waals surface area contributed by atoms with Gasteiger partial charge < -0.3 is 15.3 Å². The van der Waals surface area contributed by atoms with Crippen molar-refractivity contribution >= 4 is 11.7 Å². The average Bonchev–Trinajstić information content (AvgIpc) is 3.10. The first-order chi connectivity index (χ1) is 11.6. The number of aliphatic hydroxyl groups is 1. The summed E-state index contributed by atoms with van der Waals surface area (Å²) >= 11 is 0. The number of aliphatic hydroxyl groups excluding tert-OH is 1. The smallest absolute Gasteiger partial charge is 0.322 e. The number of carbonyl (C=O) groups excluding carboxylic acids is 1. The highest BCUT2D eigenvalue weighted by Crippen LogP contribution is 2.36. The number of carbonyl (C=O) groups is 1. The molecule has 2 aliphatic heterocycles. The van der Waals surface area contributed by atoms with Crippen molar-refractivity contribution in [3.8, 4) is 5.69 Å². The number of piperidine rings is 1. The zero-order valence-corrected chi connectivity index (χ0v) is 13.7. The Bertz CT molecular complexity index is 726. The van der Waals surface area contributed by atoms with E-state index in [-0.39, 0.29) is 24.2 Å². The second-order valence-corrected chi connectivity index (χ2v) is 6.80. The Kier molecular flexibility index (Phi) is 3.76. The van der Waals surface area contributed by atoms with Gasteiger partial charge in [0.25, 0.3) is 0 Å². The van der Waals surface area contributed by atoms with Crippen LogP contribution in [0.2, 0.25) is 0 Å². The monoisotopic (exact) mass is 326 g/mol. The minimum Gasteiger partial charge on any atom is -0.393 e. The molecule has 126 valence electrons. The van der Waals surface area contributed by atoms with Crippen molar-refractivity contribution in [2.24, 2.45) is 0 Å². The predicted octanol–water partition coefficient (Wildman–Crippen LogP) is 2.70. The minimum absolute atomic E-state index is 0.0583. The number of hydrogen-bond donors (Lipinski definition) is 2. The maximum atomic E-state index is 12.6. The lowest BCUT2D eigenvalue weighted by atomic mass is 10.0. The van der Waals surface area contributed by atoms with Gasteiger partial charge in [-0.1, -0.05) is 0 Å². The Morgan fingerprint density at radius 1 is 1.17 bits per heavy atom. The molecule has 2 bridgehead atoms. The molecule has 2 fully saturated rings. The van der Waals surface area contributed by atoms with Crippen molar-refractivity contribution in [3.63, 3.8) is 0 Å². The SMILES string of the molecule is Cc1ccn(-c2ccc(NC(=O)N3[C@H]4CC[C@H]3CC(O)C4)cc2)n1. The van der Waals surface area contributed by atoms with Gasteiger partial charge in [0.2, 0.25) is 0 Å². The van der Waals surface area contributed by atoms with Gasteiger partial charge in [-0.3, -0.25) is 0 Å². The number of aromatic nitrogens is 2. The zero-order chi connectivity index (χ0) is 16.7. The highest BCUT2D eigenvalue weighted by Gasteiger charge is 2.42. The summed E-state index contributed by atoms with van der Waals surface area (Å²) in [5, 5.41) is 17.2. The third-order valence-electron chi connectivity index (χ3n) is 5.05. The average molecular weight is 326 g/mol. The number of fused-ring (bicyclic) bond motifs is 2. The molecule has 4 rings (SSSR count). The summed E-state index contributed by atoms with van der Waals surface area (Å²) in [7, 11) is 0. The molecule has 0 spiro atoms. The molecule has 2 aliphatic rings. The van der Waals surface area contributed by atoms with E-state index < -0.39 is 0 Å². The molecule has 2 atom stereocenters. The Hall–Kier alpha value is -2.34. The van der Waals surface area contributed by atoms with Crippen LogP contribution in [0, 0.1) is 6.92 Å². The lowest BCUT2D eigenvalue weighted by Gasteiger charge is -2.37. The maximum absolute atomic E-state index is 12.6. The van der Waals surface area contributed by atoms with Crippen LogP contribution in [0.3, 0.4) is 0 Å². The molecule has 1 aromatic heterocycles. The van der Waals surface area contributed by atoms with E-state index in [9.17, 15) is 9.90 Å². The predicted molar refractivity (Wildman–Crippen MR) is 91.2 cm³/mol.